The largest absolute Gasteiger partial charge is 0.384 e. The molecule has 4 heteroatoms. The van der Waals surface area contributed by atoms with E-state index in [1.807, 2.05) is 17.0 Å². The molecule has 17 heavy (non-hydrogen) atoms. The second kappa shape index (κ2) is 5.17. The van der Waals surface area contributed by atoms with E-state index in [0.29, 0.717) is 24.7 Å². The maximum absolute atomic E-state index is 11.9. The van der Waals surface area contributed by atoms with Crippen LogP contribution in [-0.4, -0.2) is 22.3 Å². The van der Waals surface area contributed by atoms with Gasteiger partial charge in [-0.2, -0.15) is 0 Å². The zero-order valence-corrected chi connectivity index (χ0v) is 10.2. The molecule has 1 saturated heterocycles. The molecule has 1 aromatic heterocycles. The van der Waals surface area contributed by atoms with Crippen LogP contribution in [0.1, 0.15) is 31.7 Å². The summed E-state index contributed by atoms with van der Waals surface area (Å²) in [5.74, 6) is 1.41. The first-order valence-corrected chi connectivity index (χ1v) is 6.13. The van der Waals surface area contributed by atoms with Crippen LogP contribution >= 0.6 is 0 Å². The number of anilines is 1. The molecule has 1 amide bonds. The fraction of sp³-hybridized carbons (Fsp3) is 0.538. The summed E-state index contributed by atoms with van der Waals surface area (Å²) in [6, 6.07) is 3.75. The Kier molecular flexibility index (Phi) is 3.61. The molecule has 1 fully saturated rings. The minimum atomic E-state index is 0.254. The van der Waals surface area contributed by atoms with Crippen molar-refractivity contribution in [1.29, 1.82) is 0 Å². The highest BCUT2D eigenvalue weighted by molar-refractivity contribution is 5.76. The molecule has 2 rings (SSSR count). The van der Waals surface area contributed by atoms with Crippen molar-refractivity contribution in [3.63, 3.8) is 0 Å². The van der Waals surface area contributed by atoms with Crippen LogP contribution in [0.2, 0.25) is 0 Å². The normalized spacial score (nSPS) is 21.4. The average molecular weight is 233 g/mol. The van der Waals surface area contributed by atoms with Crippen molar-refractivity contribution in [2.75, 3.05) is 12.3 Å². The maximum atomic E-state index is 11.9. The number of nitrogens with two attached hydrogens (primary N) is 1. The first-order valence-electron chi connectivity index (χ1n) is 6.13. The lowest BCUT2D eigenvalue weighted by Crippen LogP contribution is -2.29. The van der Waals surface area contributed by atoms with Gasteiger partial charge in [0.1, 0.15) is 5.82 Å². The zero-order chi connectivity index (χ0) is 12.3. The number of hydrogen-bond donors (Lipinski definition) is 1. The number of nitrogen functional groups attached to an aromatic ring is 1. The van der Waals surface area contributed by atoms with Crippen molar-refractivity contribution in [3.8, 4) is 0 Å². The van der Waals surface area contributed by atoms with Crippen LogP contribution in [0, 0.1) is 5.92 Å². The van der Waals surface area contributed by atoms with Gasteiger partial charge in [-0.05, 0) is 36.5 Å². The van der Waals surface area contributed by atoms with E-state index in [1.165, 1.54) is 0 Å². The van der Waals surface area contributed by atoms with Crippen LogP contribution in [-0.2, 0) is 11.3 Å². The second-order valence-electron chi connectivity index (χ2n) is 4.84. The summed E-state index contributed by atoms with van der Waals surface area (Å²) < 4.78 is 0. The molecule has 1 unspecified atom stereocenters. The third kappa shape index (κ3) is 3.19. The van der Waals surface area contributed by atoms with E-state index in [2.05, 4.69) is 11.9 Å². The molecular formula is C13H19N3O. The van der Waals surface area contributed by atoms with Crippen molar-refractivity contribution < 1.29 is 4.79 Å². The predicted octanol–water partition coefficient (Wildman–Crippen LogP) is 1.81. The first kappa shape index (κ1) is 11.9. The van der Waals surface area contributed by atoms with Crippen LogP contribution in [0.15, 0.2) is 18.3 Å². The monoisotopic (exact) mass is 233 g/mol. The van der Waals surface area contributed by atoms with Crippen molar-refractivity contribution in [2.24, 2.45) is 5.92 Å². The van der Waals surface area contributed by atoms with Crippen LogP contribution in [0.4, 0.5) is 5.82 Å². The highest BCUT2D eigenvalue weighted by Gasteiger charge is 2.20. The number of pyridine rings is 1. The highest BCUT2D eigenvalue weighted by Crippen LogP contribution is 2.19. The molecule has 1 aliphatic rings. The molecule has 0 aromatic carbocycles. The molecule has 0 spiro atoms. The SMILES string of the molecule is CC1CCC(=O)N(Cc2ccnc(N)c2)CC1. The number of likely N-dealkylation sites (tertiary alicyclic amines) is 1. The van der Waals surface area contributed by atoms with E-state index < -0.39 is 0 Å². The van der Waals surface area contributed by atoms with Gasteiger partial charge in [-0.1, -0.05) is 6.92 Å². The molecular weight excluding hydrogens is 214 g/mol. The third-order valence-electron chi connectivity index (χ3n) is 3.31. The predicted molar refractivity (Wildman–Crippen MR) is 67.1 cm³/mol. The van der Waals surface area contributed by atoms with Crippen LogP contribution < -0.4 is 5.73 Å². The van der Waals surface area contributed by atoms with E-state index in [4.69, 9.17) is 5.73 Å². The van der Waals surface area contributed by atoms with E-state index in [1.54, 1.807) is 6.20 Å². The summed E-state index contributed by atoms with van der Waals surface area (Å²) in [6.07, 6.45) is 4.46. The average Bonchev–Trinajstić information content (AvgIpc) is 2.45. The van der Waals surface area contributed by atoms with Crippen LogP contribution in [0.3, 0.4) is 0 Å². The molecule has 4 nitrogen and oxygen atoms in total. The second-order valence-corrected chi connectivity index (χ2v) is 4.84. The van der Waals surface area contributed by atoms with Gasteiger partial charge >= 0.3 is 0 Å². The number of carbonyl (C=O) groups is 1. The molecule has 1 aromatic rings. The van der Waals surface area contributed by atoms with Gasteiger partial charge in [0.15, 0.2) is 0 Å². The summed E-state index contributed by atoms with van der Waals surface area (Å²) in [5, 5.41) is 0. The maximum Gasteiger partial charge on any atom is 0.222 e. The molecule has 2 heterocycles. The molecule has 0 saturated carbocycles. The van der Waals surface area contributed by atoms with Gasteiger partial charge in [-0.15, -0.1) is 0 Å². The van der Waals surface area contributed by atoms with Crippen molar-refractivity contribution in [1.82, 2.24) is 9.88 Å². The van der Waals surface area contributed by atoms with E-state index >= 15 is 0 Å². The molecule has 0 bridgehead atoms. The lowest BCUT2D eigenvalue weighted by Gasteiger charge is -2.20. The summed E-state index contributed by atoms with van der Waals surface area (Å²) >= 11 is 0. The van der Waals surface area contributed by atoms with Crippen molar-refractivity contribution in [2.45, 2.75) is 32.7 Å². The Morgan fingerprint density at radius 3 is 3.12 bits per heavy atom. The van der Waals surface area contributed by atoms with Gasteiger partial charge < -0.3 is 10.6 Å². The Morgan fingerprint density at radius 2 is 2.35 bits per heavy atom. The van der Waals surface area contributed by atoms with Crippen molar-refractivity contribution in [3.05, 3.63) is 23.9 Å². The number of aromatic nitrogens is 1. The summed E-state index contributed by atoms with van der Waals surface area (Å²) in [7, 11) is 0. The van der Waals surface area contributed by atoms with Crippen LogP contribution in [0.25, 0.3) is 0 Å². The number of nitrogens with zero attached hydrogens (tertiary/aromatic N) is 2. The standard InChI is InChI=1S/C13H19N3O/c1-10-2-3-13(17)16(7-5-10)9-11-4-6-15-12(14)8-11/h4,6,8,10H,2-3,5,7,9H2,1H3,(H2,14,15). The van der Waals surface area contributed by atoms with Gasteiger partial charge in [0.25, 0.3) is 0 Å². The molecule has 1 aliphatic heterocycles. The molecule has 1 atom stereocenters. The van der Waals surface area contributed by atoms with Crippen LogP contribution in [0.5, 0.6) is 0 Å². The number of hydrogen-bond acceptors (Lipinski definition) is 3. The molecule has 0 aliphatic carbocycles. The lowest BCUT2D eigenvalue weighted by atomic mass is 10.0. The van der Waals surface area contributed by atoms with Gasteiger partial charge in [0, 0.05) is 25.7 Å². The molecule has 0 radical (unpaired) electrons. The fourth-order valence-corrected chi connectivity index (χ4v) is 2.15. The number of rotatable bonds is 2. The van der Waals surface area contributed by atoms with E-state index in [9.17, 15) is 4.79 Å². The minimum Gasteiger partial charge on any atom is -0.384 e. The smallest absolute Gasteiger partial charge is 0.222 e. The number of carbonyl (C=O) groups excluding carboxylic acids is 1. The third-order valence-corrected chi connectivity index (χ3v) is 3.31. The molecule has 92 valence electrons. The van der Waals surface area contributed by atoms with Gasteiger partial charge in [0.05, 0.1) is 0 Å². The number of amides is 1. The highest BCUT2D eigenvalue weighted by atomic mass is 16.2. The fourth-order valence-electron chi connectivity index (χ4n) is 2.15. The first-order chi connectivity index (χ1) is 8.15. The minimum absolute atomic E-state index is 0.254. The summed E-state index contributed by atoms with van der Waals surface area (Å²) in [6.45, 7) is 3.71. The van der Waals surface area contributed by atoms with Gasteiger partial charge in [-0.25, -0.2) is 4.98 Å². The Hall–Kier alpha value is -1.58. The molecule has 2 N–H and O–H groups in total. The lowest BCUT2D eigenvalue weighted by molar-refractivity contribution is -0.131. The van der Waals surface area contributed by atoms with Crippen molar-refractivity contribution >= 4 is 11.7 Å². The van der Waals surface area contributed by atoms with E-state index in [0.717, 1.165) is 24.9 Å². The Bertz CT molecular complexity index is 405. The summed E-state index contributed by atoms with van der Waals surface area (Å²) in [5.41, 5.74) is 6.69. The van der Waals surface area contributed by atoms with Gasteiger partial charge in [0.2, 0.25) is 5.91 Å². The summed E-state index contributed by atoms with van der Waals surface area (Å²) in [4.78, 5) is 17.8. The van der Waals surface area contributed by atoms with Gasteiger partial charge in [-0.3, -0.25) is 4.79 Å². The van der Waals surface area contributed by atoms with E-state index in [-0.39, 0.29) is 5.91 Å². The topological polar surface area (TPSA) is 59.2 Å². The quantitative estimate of drug-likeness (QED) is 0.847. The Balaban J connectivity index is 2.04. The Labute approximate surface area is 102 Å². The zero-order valence-electron chi connectivity index (χ0n) is 10.2. The Morgan fingerprint density at radius 1 is 1.53 bits per heavy atom.